The Morgan fingerprint density at radius 1 is 1.45 bits per heavy atom. The zero-order valence-corrected chi connectivity index (χ0v) is 12.1. The molecule has 6 heteroatoms. The van der Waals surface area contributed by atoms with Crippen LogP contribution in [0.1, 0.15) is 12.6 Å². The van der Waals surface area contributed by atoms with Gasteiger partial charge >= 0.3 is 0 Å². The predicted molar refractivity (Wildman–Crippen MR) is 79.7 cm³/mol. The van der Waals surface area contributed by atoms with Gasteiger partial charge in [0.1, 0.15) is 12.2 Å². The van der Waals surface area contributed by atoms with Gasteiger partial charge in [0, 0.05) is 17.3 Å². The molecular weight excluding hydrogens is 276 g/mol. The normalized spacial score (nSPS) is 14.2. The van der Waals surface area contributed by atoms with Crippen molar-refractivity contribution in [2.24, 2.45) is 0 Å². The van der Waals surface area contributed by atoms with E-state index in [0.29, 0.717) is 5.02 Å². The van der Waals surface area contributed by atoms with Crippen molar-refractivity contribution >= 4 is 34.7 Å². The van der Waals surface area contributed by atoms with Gasteiger partial charge in [0.15, 0.2) is 5.82 Å². The zero-order valence-electron chi connectivity index (χ0n) is 11.4. The second kappa shape index (κ2) is 4.83. The van der Waals surface area contributed by atoms with E-state index in [2.05, 4.69) is 10.4 Å². The summed E-state index contributed by atoms with van der Waals surface area (Å²) in [6.07, 6.45) is 0. The van der Waals surface area contributed by atoms with Crippen molar-refractivity contribution in [1.82, 2.24) is 9.78 Å². The number of anilines is 3. The van der Waals surface area contributed by atoms with Crippen LogP contribution < -0.4 is 10.2 Å². The second-order valence-electron chi connectivity index (χ2n) is 4.71. The van der Waals surface area contributed by atoms with Crippen molar-refractivity contribution in [2.75, 3.05) is 16.8 Å². The Morgan fingerprint density at radius 3 is 2.95 bits per heavy atom. The van der Waals surface area contributed by atoms with E-state index in [0.717, 1.165) is 29.4 Å². The molecule has 5 nitrogen and oxygen atoms in total. The molecule has 0 radical (unpaired) electrons. The van der Waals surface area contributed by atoms with Crippen LogP contribution in [0, 0.1) is 6.92 Å². The smallest absolute Gasteiger partial charge is 0.244 e. The van der Waals surface area contributed by atoms with Gasteiger partial charge in [0.05, 0.1) is 5.69 Å². The number of aryl methyl sites for hydroxylation is 2. The van der Waals surface area contributed by atoms with Crippen LogP contribution in [0.4, 0.5) is 17.2 Å². The lowest BCUT2D eigenvalue weighted by atomic mass is 10.2. The standard InChI is InChI=1S/C14H15ClN4O/c1-3-19-14-13(9(2)17-19)16-12(20)8-18(14)11-6-4-5-10(15)7-11/h4-7H,3,8H2,1-2H3,(H,16,20). The number of fused-ring (bicyclic) bond motifs is 1. The fourth-order valence-corrected chi connectivity index (χ4v) is 2.65. The topological polar surface area (TPSA) is 50.2 Å². The number of hydrogen-bond acceptors (Lipinski definition) is 3. The van der Waals surface area contributed by atoms with Gasteiger partial charge in [-0.05, 0) is 32.0 Å². The molecule has 1 aromatic heterocycles. The average Bonchev–Trinajstić information content (AvgIpc) is 2.75. The number of amides is 1. The molecule has 2 heterocycles. The van der Waals surface area contributed by atoms with Crippen LogP contribution in [0.25, 0.3) is 0 Å². The molecule has 1 amide bonds. The minimum absolute atomic E-state index is 0.0452. The molecular formula is C14H15ClN4O. The van der Waals surface area contributed by atoms with Crippen molar-refractivity contribution < 1.29 is 4.79 Å². The van der Waals surface area contributed by atoms with Crippen LogP contribution in [0.2, 0.25) is 5.02 Å². The third-order valence-electron chi connectivity index (χ3n) is 3.34. The molecule has 2 aromatic rings. The first kappa shape index (κ1) is 13.0. The maximum absolute atomic E-state index is 11.9. The highest BCUT2D eigenvalue weighted by molar-refractivity contribution is 6.30. The quantitative estimate of drug-likeness (QED) is 0.925. The lowest BCUT2D eigenvalue weighted by Gasteiger charge is -2.29. The highest BCUT2D eigenvalue weighted by atomic mass is 35.5. The minimum Gasteiger partial charge on any atom is -0.320 e. The van der Waals surface area contributed by atoms with E-state index in [1.165, 1.54) is 0 Å². The molecule has 0 saturated heterocycles. The molecule has 1 aromatic carbocycles. The van der Waals surface area contributed by atoms with Crippen LogP contribution in [-0.4, -0.2) is 22.2 Å². The van der Waals surface area contributed by atoms with Crippen molar-refractivity contribution in [2.45, 2.75) is 20.4 Å². The summed E-state index contributed by atoms with van der Waals surface area (Å²) in [5.74, 6) is 0.864. The number of nitrogens with one attached hydrogen (secondary N) is 1. The third kappa shape index (κ3) is 2.04. The van der Waals surface area contributed by atoms with Gasteiger partial charge in [-0.25, -0.2) is 4.68 Å². The van der Waals surface area contributed by atoms with E-state index in [1.54, 1.807) is 0 Å². The lowest BCUT2D eigenvalue weighted by Crippen LogP contribution is -2.36. The number of hydrogen-bond donors (Lipinski definition) is 1. The molecule has 104 valence electrons. The molecule has 0 saturated carbocycles. The Kier molecular flexibility index (Phi) is 3.14. The fraction of sp³-hybridized carbons (Fsp3) is 0.286. The van der Waals surface area contributed by atoms with Crippen LogP contribution in [0.3, 0.4) is 0 Å². The first-order valence-electron chi connectivity index (χ1n) is 6.50. The summed E-state index contributed by atoms with van der Waals surface area (Å²) in [7, 11) is 0. The first-order valence-corrected chi connectivity index (χ1v) is 6.88. The van der Waals surface area contributed by atoms with Gasteiger partial charge in [-0.2, -0.15) is 5.10 Å². The van der Waals surface area contributed by atoms with E-state index in [1.807, 2.05) is 47.7 Å². The van der Waals surface area contributed by atoms with Crippen molar-refractivity contribution in [3.05, 3.63) is 35.0 Å². The minimum atomic E-state index is -0.0452. The largest absolute Gasteiger partial charge is 0.320 e. The maximum atomic E-state index is 11.9. The Bertz CT molecular complexity index is 680. The number of nitrogens with zero attached hydrogens (tertiary/aromatic N) is 3. The van der Waals surface area contributed by atoms with Crippen molar-refractivity contribution in [1.29, 1.82) is 0 Å². The first-order chi connectivity index (χ1) is 9.60. The third-order valence-corrected chi connectivity index (χ3v) is 3.58. The molecule has 0 unspecified atom stereocenters. The molecule has 1 N–H and O–H groups in total. The van der Waals surface area contributed by atoms with Gasteiger partial charge in [-0.3, -0.25) is 4.79 Å². The van der Waals surface area contributed by atoms with Crippen molar-refractivity contribution in [3.8, 4) is 0 Å². The molecule has 0 spiro atoms. The molecule has 20 heavy (non-hydrogen) atoms. The summed E-state index contributed by atoms with van der Waals surface area (Å²) in [6.45, 7) is 4.92. The Hall–Kier alpha value is -2.01. The molecule has 0 fully saturated rings. The molecule has 0 bridgehead atoms. The summed E-state index contributed by atoms with van der Waals surface area (Å²) >= 11 is 6.06. The highest BCUT2D eigenvalue weighted by Gasteiger charge is 2.29. The Morgan fingerprint density at radius 2 is 2.25 bits per heavy atom. The fourth-order valence-electron chi connectivity index (χ4n) is 2.47. The van der Waals surface area contributed by atoms with E-state index in [-0.39, 0.29) is 12.5 Å². The van der Waals surface area contributed by atoms with E-state index >= 15 is 0 Å². The predicted octanol–water partition coefficient (Wildman–Crippen LogP) is 2.96. The Labute approximate surface area is 122 Å². The van der Waals surface area contributed by atoms with Gasteiger partial charge in [-0.1, -0.05) is 17.7 Å². The number of aromatic nitrogens is 2. The van der Waals surface area contributed by atoms with E-state index < -0.39 is 0 Å². The monoisotopic (exact) mass is 290 g/mol. The van der Waals surface area contributed by atoms with Gasteiger partial charge < -0.3 is 10.2 Å². The number of rotatable bonds is 2. The SMILES string of the molecule is CCn1nc(C)c2c1N(c1cccc(Cl)c1)CC(=O)N2. The molecule has 0 atom stereocenters. The van der Waals surface area contributed by atoms with Gasteiger partial charge in [-0.15, -0.1) is 0 Å². The Balaban J connectivity index is 2.16. The summed E-state index contributed by atoms with van der Waals surface area (Å²) in [5, 5.41) is 8.02. The number of carbonyl (C=O) groups excluding carboxylic acids is 1. The van der Waals surface area contributed by atoms with Gasteiger partial charge in [0.25, 0.3) is 0 Å². The van der Waals surface area contributed by atoms with Gasteiger partial charge in [0.2, 0.25) is 5.91 Å². The zero-order chi connectivity index (χ0) is 14.3. The van der Waals surface area contributed by atoms with Crippen LogP contribution in [-0.2, 0) is 11.3 Å². The van der Waals surface area contributed by atoms with Crippen LogP contribution in [0.15, 0.2) is 24.3 Å². The van der Waals surface area contributed by atoms with Crippen LogP contribution >= 0.6 is 11.6 Å². The number of halogens is 1. The van der Waals surface area contributed by atoms with E-state index in [9.17, 15) is 4.79 Å². The molecule has 0 aliphatic carbocycles. The molecule has 3 rings (SSSR count). The molecule has 1 aliphatic heterocycles. The summed E-state index contributed by atoms with van der Waals surface area (Å²) in [6, 6.07) is 7.49. The van der Waals surface area contributed by atoms with Crippen molar-refractivity contribution in [3.63, 3.8) is 0 Å². The highest BCUT2D eigenvalue weighted by Crippen LogP contribution is 2.37. The second-order valence-corrected chi connectivity index (χ2v) is 5.15. The average molecular weight is 291 g/mol. The number of carbonyl (C=O) groups is 1. The van der Waals surface area contributed by atoms with E-state index in [4.69, 9.17) is 11.6 Å². The van der Waals surface area contributed by atoms with Crippen LogP contribution in [0.5, 0.6) is 0 Å². The molecule has 1 aliphatic rings. The number of benzene rings is 1. The summed E-state index contributed by atoms with van der Waals surface area (Å²) < 4.78 is 1.89. The summed E-state index contributed by atoms with van der Waals surface area (Å²) in [5.41, 5.74) is 2.49. The lowest BCUT2D eigenvalue weighted by molar-refractivity contribution is -0.115. The maximum Gasteiger partial charge on any atom is 0.244 e. The summed E-state index contributed by atoms with van der Waals surface area (Å²) in [4.78, 5) is 13.9.